The van der Waals surface area contributed by atoms with Crippen molar-refractivity contribution in [1.29, 1.82) is 0 Å². The minimum Gasteiger partial charge on any atom is -0.496 e. The lowest BCUT2D eigenvalue weighted by molar-refractivity contribution is 0.410. The van der Waals surface area contributed by atoms with Gasteiger partial charge in [0.1, 0.15) is 5.75 Å². The third-order valence-electron chi connectivity index (χ3n) is 3.88. The second-order valence-electron chi connectivity index (χ2n) is 5.13. The van der Waals surface area contributed by atoms with Crippen LogP contribution < -0.4 is 4.74 Å². The normalized spacial score (nSPS) is 14.9. The Morgan fingerprint density at radius 3 is 2.70 bits per heavy atom. The molecule has 1 aliphatic carbocycles. The SMILES string of the molecule is COc1cc(Br)ccc1C(Cl)c1ccc2c(c1)CCC2. The Bertz CT molecular complexity index is 639. The quantitative estimate of drug-likeness (QED) is 0.684. The first-order chi connectivity index (χ1) is 9.69. The number of alkyl halides is 1. The predicted molar refractivity (Wildman–Crippen MR) is 86.9 cm³/mol. The smallest absolute Gasteiger partial charge is 0.125 e. The van der Waals surface area contributed by atoms with Gasteiger partial charge in [-0.15, -0.1) is 11.6 Å². The molecule has 0 spiro atoms. The van der Waals surface area contributed by atoms with E-state index in [1.807, 2.05) is 18.2 Å². The molecular formula is C17H16BrClO. The zero-order chi connectivity index (χ0) is 14.1. The molecule has 104 valence electrons. The summed E-state index contributed by atoms with van der Waals surface area (Å²) in [6, 6.07) is 12.6. The van der Waals surface area contributed by atoms with Crippen LogP contribution in [-0.2, 0) is 12.8 Å². The fraction of sp³-hybridized carbons (Fsp3) is 0.294. The minimum atomic E-state index is -0.177. The Hall–Kier alpha value is -0.990. The van der Waals surface area contributed by atoms with E-state index in [-0.39, 0.29) is 5.38 Å². The van der Waals surface area contributed by atoms with Gasteiger partial charge in [-0.05, 0) is 48.1 Å². The highest BCUT2D eigenvalue weighted by molar-refractivity contribution is 9.10. The van der Waals surface area contributed by atoms with Gasteiger partial charge in [-0.1, -0.05) is 40.2 Å². The monoisotopic (exact) mass is 350 g/mol. The molecule has 0 saturated carbocycles. The molecule has 0 N–H and O–H groups in total. The molecule has 0 saturated heterocycles. The van der Waals surface area contributed by atoms with Crippen LogP contribution >= 0.6 is 27.5 Å². The molecule has 3 rings (SSSR count). The van der Waals surface area contributed by atoms with Crippen LogP contribution in [0.1, 0.15) is 34.1 Å². The van der Waals surface area contributed by atoms with E-state index in [2.05, 4.69) is 34.1 Å². The zero-order valence-corrected chi connectivity index (χ0v) is 13.7. The molecule has 3 heteroatoms. The van der Waals surface area contributed by atoms with E-state index in [4.69, 9.17) is 16.3 Å². The maximum atomic E-state index is 6.67. The van der Waals surface area contributed by atoms with Crippen LogP contribution in [0.5, 0.6) is 5.75 Å². The topological polar surface area (TPSA) is 9.23 Å². The fourth-order valence-electron chi connectivity index (χ4n) is 2.82. The standard InChI is InChI=1S/C17H16BrClO/c1-20-16-10-14(18)7-8-15(16)17(19)13-6-5-11-3-2-4-12(11)9-13/h5-10,17H,2-4H2,1H3. The summed E-state index contributed by atoms with van der Waals surface area (Å²) >= 11 is 10.1. The van der Waals surface area contributed by atoms with Gasteiger partial charge in [0.2, 0.25) is 0 Å². The number of methoxy groups -OCH3 is 1. The number of ether oxygens (including phenoxy) is 1. The van der Waals surface area contributed by atoms with E-state index < -0.39 is 0 Å². The summed E-state index contributed by atoms with van der Waals surface area (Å²) in [6.07, 6.45) is 3.63. The Balaban J connectivity index is 1.98. The number of aryl methyl sites for hydroxylation is 2. The van der Waals surface area contributed by atoms with E-state index in [1.54, 1.807) is 7.11 Å². The van der Waals surface area contributed by atoms with Crippen LogP contribution in [0.4, 0.5) is 0 Å². The number of hydrogen-bond acceptors (Lipinski definition) is 1. The van der Waals surface area contributed by atoms with Crippen molar-refractivity contribution < 1.29 is 4.74 Å². The molecule has 0 aromatic heterocycles. The molecule has 0 radical (unpaired) electrons. The molecule has 0 amide bonds. The first kappa shape index (κ1) is 14.0. The molecule has 0 fully saturated rings. The van der Waals surface area contributed by atoms with Crippen molar-refractivity contribution in [2.45, 2.75) is 24.6 Å². The Morgan fingerprint density at radius 1 is 1.10 bits per heavy atom. The van der Waals surface area contributed by atoms with Gasteiger partial charge in [0.05, 0.1) is 12.5 Å². The highest BCUT2D eigenvalue weighted by Gasteiger charge is 2.18. The van der Waals surface area contributed by atoms with Crippen molar-refractivity contribution in [3.63, 3.8) is 0 Å². The van der Waals surface area contributed by atoms with Crippen LogP contribution in [0.2, 0.25) is 0 Å². The average molecular weight is 352 g/mol. The predicted octanol–water partition coefficient (Wildman–Crippen LogP) is 5.27. The maximum Gasteiger partial charge on any atom is 0.125 e. The summed E-state index contributed by atoms with van der Waals surface area (Å²) in [6.45, 7) is 0. The van der Waals surface area contributed by atoms with E-state index in [9.17, 15) is 0 Å². The van der Waals surface area contributed by atoms with Gasteiger partial charge in [0, 0.05) is 10.0 Å². The summed E-state index contributed by atoms with van der Waals surface area (Å²) in [5.41, 5.74) is 5.08. The van der Waals surface area contributed by atoms with Crippen molar-refractivity contribution in [2.24, 2.45) is 0 Å². The van der Waals surface area contributed by atoms with Crippen LogP contribution in [0, 0.1) is 0 Å². The average Bonchev–Trinajstić information content (AvgIpc) is 2.93. The van der Waals surface area contributed by atoms with E-state index in [0.29, 0.717) is 0 Å². The van der Waals surface area contributed by atoms with Crippen LogP contribution in [0.25, 0.3) is 0 Å². The number of rotatable bonds is 3. The van der Waals surface area contributed by atoms with Gasteiger partial charge in [-0.2, -0.15) is 0 Å². The second kappa shape index (κ2) is 5.79. The minimum absolute atomic E-state index is 0.177. The van der Waals surface area contributed by atoms with Crippen LogP contribution in [0.3, 0.4) is 0 Å². The fourth-order valence-corrected chi connectivity index (χ4v) is 3.48. The molecular weight excluding hydrogens is 336 g/mol. The largest absolute Gasteiger partial charge is 0.496 e. The van der Waals surface area contributed by atoms with Crippen molar-refractivity contribution in [3.8, 4) is 5.75 Å². The molecule has 0 aliphatic heterocycles. The maximum absolute atomic E-state index is 6.67. The van der Waals surface area contributed by atoms with Gasteiger partial charge in [-0.3, -0.25) is 0 Å². The van der Waals surface area contributed by atoms with Crippen molar-refractivity contribution in [2.75, 3.05) is 7.11 Å². The lowest BCUT2D eigenvalue weighted by atomic mass is 9.99. The Labute approximate surface area is 133 Å². The third kappa shape index (κ3) is 2.59. The summed E-state index contributed by atoms with van der Waals surface area (Å²) in [4.78, 5) is 0. The van der Waals surface area contributed by atoms with Crippen LogP contribution in [0.15, 0.2) is 40.9 Å². The molecule has 2 aromatic carbocycles. The summed E-state index contributed by atoms with van der Waals surface area (Å²) in [5.74, 6) is 0.819. The van der Waals surface area contributed by atoms with Crippen molar-refractivity contribution in [3.05, 3.63) is 63.1 Å². The van der Waals surface area contributed by atoms with Gasteiger partial charge >= 0.3 is 0 Å². The number of hydrogen-bond donors (Lipinski definition) is 0. The second-order valence-corrected chi connectivity index (χ2v) is 6.48. The van der Waals surface area contributed by atoms with Crippen LogP contribution in [-0.4, -0.2) is 7.11 Å². The van der Waals surface area contributed by atoms with Gasteiger partial charge < -0.3 is 4.74 Å². The molecule has 0 heterocycles. The molecule has 20 heavy (non-hydrogen) atoms. The number of halogens is 2. The lowest BCUT2D eigenvalue weighted by Gasteiger charge is -2.16. The van der Waals surface area contributed by atoms with Crippen molar-refractivity contribution in [1.82, 2.24) is 0 Å². The lowest BCUT2D eigenvalue weighted by Crippen LogP contribution is -1.98. The third-order valence-corrected chi connectivity index (χ3v) is 4.86. The highest BCUT2D eigenvalue weighted by Crippen LogP contribution is 2.38. The molecule has 1 nitrogen and oxygen atoms in total. The summed E-state index contributed by atoms with van der Waals surface area (Å²) in [5, 5.41) is -0.177. The first-order valence-corrected chi connectivity index (χ1v) is 8.01. The number of fused-ring (bicyclic) bond motifs is 1. The molecule has 1 unspecified atom stereocenters. The van der Waals surface area contributed by atoms with E-state index in [0.717, 1.165) is 21.3 Å². The van der Waals surface area contributed by atoms with Gasteiger partial charge in [0.25, 0.3) is 0 Å². The van der Waals surface area contributed by atoms with Gasteiger partial charge in [0.15, 0.2) is 0 Å². The van der Waals surface area contributed by atoms with E-state index in [1.165, 1.54) is 30.4 Å². The van der Waals surface area contributed by atoms with E-state index >= 15 is 0 Å². The Kier molecular flexibility index (Phi) is 4.04. The molecule has 1 atom stereocenters. The first-order valence-electron chi connectivity index (χ1n) is 6.78. The van der Waals surface area contributed by atoms with Crippen molar-refractivity contribution >= 4 is 27.5 Å². The highest BCUT2D eigenvalue weighted by atomic mass is 79.9. The molecule has 1 aliphatic rings. The Morgan fingerprint density at radius 2 is 1.90 bits per heavy atom. The summed E-state index contributed by atoms with van der Waals surface area (Å²) < 4.78 is 6.44. The molecule has 2 aromatic rings. The molecule has 0 bridgehead atoms. The summed E-state index contributed by atoms with van der Waals surface area (Å²) in [7, 11) is 1.68. The number of benzene rings is 2. The van der Waals surface area contributed by atoms with Gasteiger partial charge in [-0.25, -0.2) is 0 Å². The zero-order valence-electron chi connectivity index (χ0n) is 11.3.